The molecule has 1 unspecified atom stereocenters. The predicted molar refractivity (Wildman–Crippen MR) is 83.6 cm³/mol. The van der Waals surface area contributed by atoms with E-state index in [0.717, 1.165) is 0 Å². The molecule has 0 aliphatic carbocycles. The average Bonchev–Trinajstić information content (AvgIpc) is 2.68. The number of aliphatic carboxylic acids is 1. The first-order chi connectivity index (χ1) is 9.73. The summed E-state index contributed by atoms with van der Waals surface area (Å²) >= 11 is 12.9. The number of hydrogen-bond acceptors (Lipinski definition) is 5. The Balaban J connectivity index is 2.71. The van der Waals surface area contributed by atoms with Crippen LogP contribution in [-0.4, -0.2) is 40.4 Å². The molecule has 1 N–H and O–H groups in total. The van der Waals surface area contributed by atoms with Crippen molar-refractivity contribution in [2.75, 3.05) is 6.61 Å². The number of rotatable bonds is 3. The minimum Gasteiger partial charge on any atom is -0.548 e. The first-order valence-electron chi connectivity index (χ1n) is 5.29. The van der Waals surface area contributed by atoms with Gasteiger partial charge in [0.1, 0.15) is 6.04 Å². The van der Waals surface area contributed by atoms with E-state index >= 15 is 0 Å². The molecule has 0 radical (unpaired) electrons. The van der Waals surface area contributed by atoms with Crippen LogP contribution in [0.25, 0.3) is 0 Å². The van der Waals surface area contributed by atoms with Crippen LogP contribution in [0.5, 0.6) is 0 Å². The zero-order valence-corrected chi connectivity index (χ0v) is 16.2. The Hall–Kier alpha value is -0.290. The van der Waals surface area contributed by atoms with Gasteiger partial charge in [-0.2, -0.15) is 0 Å². The SMILES string of the molecule is O=C([O-])C(CO)N1C(=O)c2c(Br)c(Br)c(Br)c(Br)c2C1=O. The van der Waals surface area contributed by atoms with E-state index < -0.39 is 30.4 Å². The van der Waals surface area contributed by atoms with E-state index in [2.05, 4.69) is 63.7 Å². The number of nitrogens with zero attached hydrogens (tertiary/aromatic N) is 1. The van der Waals surface area contributed by atoms with E-state index in [-0.39, 0.29) is 11.1 Å². The number of imide groups is 1. The third-order valence-corrected chi connectivity index (χ3v) is 7.66. The van der Waals surface area contributed by atoms with Crippen LogP contribution in [0.15, 0.2) is 17.9 Å². The first-order valence-corrected chi connectivity index (χ1v) is 8.46. The molecule has 10 heteroatoms. The Kier molecular flexibility index (Phi) is 4.94. The van der Waals surface area contributed by atoms with E-state index in [1.807, 2.05) is 0 Å². The normalized spacial score (nSPS) is 15.4. The van der Waals surface area contributed by atoms with Crippen molar-refractivity contribution in [3.05, 3.63) is 29.0 Å². The minimum atomic E-state index is -1.74. The number of carbonyl (C=O) groups excluding carboxylic acids is 3. The van der Waals surface area contributed by atoms with E-state index in [1.54, 1.807) is 0 Å². The highest BCUT2D eigenvalue weighted by atomic mass is 79.9. The topological polar surface area (TPSA) is 97.7 Å². The third-order valence-electron chi connectivity index (χ3n) is 2.89. The summed E-state index contributed by atoms with van der Waals surface area (Å²) in [7, 11) is 0. The lowest BCUT2D eigenvalue weighted by molar-refractivity contribution is -0.311. The highest BCUT2D eigenvalue weighted by molar-refractivity contribution is 9.15. The summed E-state index contributed by atoms with van der Waals surface area (Å²) in [5, 5.41) is 20.1. The fourth-order valence-electron chi connectivity index (χ4n) is 1.91. The lowest BCUT2D eigenvalue weighted by atomic mass is 10.1. The van der Waals surface area contributed by atoms with Crippen molar-refractivity contribution in [3.8, 4) is 0 Å². The highest BCUT2D eigenvalue weighted by Gasteiger charge is 2.44. The Morgan fingerprint density at radius 1 is 1.00 bits per heavy atom. The number of amides is 2. The van der Waals surface area contributed by atoms with Crippen LogP contribution in [0.4, 0.5) is 0 Å². The van der Waals surface area contributed by atoms with Gasteiger partial charge < -0.3 is 15.0 Å². The van der Waals surface area contributed by atoms with E-state index in [1.165, 1.54) is 0 Å². The van der Waals surface area contributed by atoms with Crippen molar-refractivity contribution in [2.24, 2.45) is 0 Å². The smallest absolute Gasteiger partial charge is 0.263 e. The number of carboxylic acids is 1. The number of fused-ring (bicyclic) bond motifs is 1. The summed E-state index contributed by atoms with van der Waals surface area (Å²) < 4.78 is 1.60. The van der Waals surface area contributed by atoms with Crippen molar-refractivity contribution in [1.82, 2.24) is 4.90 Å². The summed E-state index contributed by atoms with van der Waals surface area (Å²) in [5.74, 6) is -3.35. The van der Waals surface area contributed by atoms with Crippen LogP contribution < -0.4 is 5.11 Å². The van der Waals surface area contributed by atoms with E-state index in [4.69, 9.17) is 5.11 Å². The standard InChI is InChI=1S/C11H5Br4NO5/c12-5-3-4(6(13)8(15)7(5)14)10(19)16(9(3)18)2(1-17)11(20)21/h2,17H,1H2,(H,20,21)/p-1. The van der Waals surface area contributed by atoms with Gasteiger partial charge in [-0.3, -0.25) is 14.5 Å². The maximum Gasteiger partial charge on any atom is 0.263 e. The van der Waals surface area contributed by atoms with Crippen molar-refractivity contribution < 1.29 is 24.6 Å². The third kappa shape index (κ3) is 2.50. The zero-order valence-electron chi connectivity index (χ0n) is 9.82. The number of halogens is 4. The molecule has 1 aromatic rings. The summed E-state index contributed by atoms with van der Waals surface area (Å²) in [6, 6.07) is -1.74. The summed E-state index contributed by atoms with van der Waals surface area (Å²) in [5.41, 5.74) is 0.0308. The Bertz CT molecular complexity index is 643. The predicted octanol–water partition coefficient (Wildman–Crippen LogP) is 1.44. The van der Waals surface area contributed by atoms with Gasteiger partial charge in [0.2, 0.25) is 0 Å². The fourth-order valence-corrected chi connectivity index (χ4v) is 4.37. The first kappa shape index (κ1) is 17.1. The molecule has 2 rings (SSSR count). The molecular formula is C11H4Br4NO5-. The molecule has 0 bridgehead atoms. The van der Waals surface area contributed by atoms with E-state index in [0.29, 0.717) is 22.8 Å². The second-order valence-electron chi connectivity index (χ2n) is 4.00. The van der Waals surface area contributed by atoms with Gasteiger partial charge >= 0.3 is 0 Å². The number of carboxylic acid groups (broad SMARTS) is 1. The maximum absolute atomic E-state index is 12.4. The number of aliphatic hydroxyl groups excluding tert-OH is 1. The second kappa shape index (κ2) is 6.07. The Labute approximate surface area is 152 Å². The summed E-state index contributed by atoms with van der Waals surface area (Å²) in [6.07, 6.45) is 0. The number of hydrogen-bond donors (Lipinski definition) is 1. The van der Waals surface area contributed by atoms with Crippen molar-refractivity contribution in [2.45, 2.75) is 6.04 Å². The molecule has 1 aromatic carbocycles. The largest absolute Gasteiger partial charge is 0.548 e. The molecule has 1 aliphatic rings. The van der Waals surface area contributed by atoms with Gasteiger partial charge in [-0.25, -0.2) is 0 Å². The second-order valence-corrected chi connectivity index (χ2v) is 7.18. The summed E-state index contributed by atoms with van der Waals surface area (Å²) in [4.78, 5) is 36.2. The molecule has 112 valence electrons. The number of aliphatic hydroxyl groups is 1. The van der Waals surface area contributed by atoms with E-state index in [9.17, 15) is 19.5 Å². The minimum absolute atomic E-state index is 0.0154. The van der Waals surface area contributed by atoms with Gasteiger partial charge in [0.25, 0.3) is 11.8 Å². The highest BCUT2D eigenvalue weighted by Crippen LogP contribution is 2.45. The van der Waals surface area contributed by atoms with Crippen LogP contribution in [-0.2, 0) is 4.79 Å². The molecule has 0 aromatic heterocycles. The van der Waals surface area contributed by atoms with Gasteiger partial charge in [0, 0.05) is 17.9 Å². The molecule has 0 fully saturated rings. The van der Waals surface area contributed by atoms with Crippen LogP contribution in [0.1, 0.15) is 20.7 Å². The van der Waals surface area contributed by atoms with Gasteiger partial charge in [0.15, 0.2) is 0 Å². The molecular weight excluding hydrogens is 546 g/mol. The van der Waals surface area contributed by atoms with Crippen LogP contribution >= 0.6 is 63.7 Å². The Morgan fingerprint density at radius 2 is 1.38 bits per heavy atom. The maximum atomic E-state index is 12.4. The van der Waals surface area contributed by atoms with Crippen LogP contribution in [0.3, 0.4) is 0 Å². The number of carbonyl (C=O) groups is 3. The van der Waals surface area contributed by atoms with Gasteiger partial charge in [-0.05, 0) is 63.7 Å². The monoisotopic (exact) mass is 546 g/mol. The zero-order chi connectivity index (χ0) is 16.1. The van der Waals surface area contributed by atoms with Gasteiger partial charge in [0.05, 0.1) is 23.7 Å². The fraction of sp³-hybridized carbons (Fsp3) is 0.182. The van der Waals surface area contributed by atoms with Gasteiger partial charge in [-0.1, -0.05) is 0 Å². The average molecular weight is 550 g/mol. The van der Waals surface area contributed by atoms with Crippen LogP contribution in [0, 0.1) is 0 Å². The molecule has 0 saturated carbocycles. The van der Waals surface area contributed by atoms with Crippen LogP contribution in [0.2, 0.25) is 0 Å². The van der Waals surface area contributed by atoms with Gasteiger partial charge in [-0.15, -0.1) is 0 Å². The molecule has 0 spiro atoms. The molecule has 21 heavy (non-hydrogen) atoms. The lowest BCUT2D eigenvalue weighted by Gasteiger charge is -2.24. The molecule has 1 heterocycles. The van der Waals surface area contributed by atoms with Crippen molar-refractivity contribution in [3.63, 3.8) is 0 Å². The van der Waals surface area contributed by atoms with Crippen molar-refractivity contribution >= 4 is 81.5 Å². The summed E-state index contributed by atoms with van der Waals surface area (Å²) in [6.45, 7) is -0.925. The molecule has 0 saturated heterocycles. The molecule has 1 atom stereocenters. The molecule has 2 amide bonds. The Morgan fingerprint density at radius 3 is 1.67 bits per heavy atom. The lowest BCUT2D eigenvalue weighted by Crippen LogP contribution is -2.52. The molecule has 6 nitrogen and oxygen atoms in total. The molecule has 1 aliphatic heterocycles. The van der Waals surface area contributed by atoms with Crippen molar-refractivity contribution in [1.29, 1.82) is 0 Å². The number of benzene rings is 1. The quantitative estimate of drug-likeness (QED) is 0.350.